The van der Waals surface area contributed by atoms with Gasteiger partial charge >= 0.3 is 6.03 Å². The second-order valence-corrected chi connectivity index (χ2v) is 7.42. The Labute approximate surface area is 139 Å². The number of likely N-dealkylation sites (tertiary alicyclic amines) is 1. The van der Waals surface area contributed by atoms with Crippen molar-refractivity contribution in [1.29, 1.82) is 0 Å². The molecule has 1 aliphatic rings. The molecular weight excluding hydrogens is 288 g/mol. The highest BCUT2D eigenvalue weighted by Gasteiger charge is 2.29. The summed E-state index contributed by atoms with van der Waals surface area (Å²) in [6, 6.07) is 8.69. The molecule has 2 rings (SSSR count). The minimum absolute atomic E-state index is 0.0378. The largest absolute Gasteiger partial charge is 0.396 e. The van der Waals surface area contributed by atoms with E-state index in [2.05, 4.69) is 36.5 Å². The van der Waals surface area contributed by atoms with Gasteiger partial charge in [0.25, 0.3) is 0 Å². The first-order chi connectivity index (χ1) is 10.9. The topological polar surface area (TPSA) is 52.6 Å². The minimum atomic E-state index is -0.0670. The quantitative estimate of drug-likeness (QED) is 0.787. The van der Waals surface area contributed by atoms with E-state index in [1.807, 2.05) is 18.7 Å². The van der Waals surface area contributed by atoms with E-state index in [0.29, 0.717) is 6.54 Å². The number of aliphatic hydroxyl groups is 1. The highest BCUT2D eigenvalue weighted by molar-refractivity contribution is 5.75. The Morgan fingerprint density at radius 3 is 2.91 bits per heavy atom. The van der Waals surface area contributed by atoms with E-state index in [9.17, 15) is 9.90 Å². The van der Waals surface area contributed by atoms with Crippen molar-refractivity contribution >= 4 is 6.03 Å². The molecule has 1 fully saturated rings. The van der Waals surface area contributed by atoms with E-state index in [-0.39, 0.29) is 24.1 Å². The SMILES string of the molecule is Cc1cccc(C2CCCN2C(=O)NCCCC(C)(C)CO)c1. The number of amides is 2. The Kier molecular flexibility index (Phi) is 6.05. The summed E-state index contributed by atoms with van der Waals surface area (Å²) in [5.41, 5.74) is 2.41. The van der Waals surface area contributed by atoms with Crippen molar-refractivity contribution in [2.75, 3.05) is 19.7 Å². The number of nitrogens with zero attached hydrogens (tertiary/aromatic N) is 1. The molecule has 0 saturated carbocycles. The number of benzene rings is 1. The van der Waals surface area contributed by atoms with E-state index >= 15 is 0 Å². The van der Waals surface area contributed by atoms with Crippen LogP contribution in [0.2, 0.25) is 0 Å². The molecule has 1 aliphatic heterocycles. The summed E-state index contributed by atoms with van der Waals surface area (Å²) in [4.78, 5) is 14.4. The van der Waals surface area contributed by atoms with E-state index in [1.54, 1.807) is 0 Å². The molecule has 4 nitrogen and oxygen atoms in total. The van der Waals surface area contributed by atoms with Gasteiger partial charge in [0.2, 0.25) is 0 Å². The Morgan fingerprint density at radius 2 is 2.22 bits per heavy atom. The Hall–Kier alpha value is -1.55. The molecule has 0 aliphatic carbocycles. The summed E-state index contributed by atoms with van der Waals surface area (Å²) in [7, 11) is 0. The van der Waals surface area contributed by atoms with Gasteiger partial charge in [-0.3, -0.25) is 0 Å². The first kappa shape index (κ1) is 17.8. The molecule has 1 unspecified atom stereocenters. The molecule has 4 heteroatoms. The zero-order chi connectivity index (χ0) is 16.9. The number of aliphatic hydroxyl groups excluding tert-OH is 1. The number of urea groups is 1. The third kappa shape index (κ3) is 4.96. The van der Waals surface area contributed by atoms with Crippen molar-refractivity contribution in [2.24, 2.45) is 5.41 Å². The molecule has 0 bridgehead atoms. The number of aryl methyl sites for hydroxylation is 1. The molecule has 1 aromatic rings. The van der Waals surface area contributed by atoms with Crippen LogP contribution in [0.25, 0.3) is 0 Å². The average Bonchev–Trinajstić information content (AvgIpc) is 3.01. The summed E-state index contributed by atoms with van der Waals surface area (Å²) >= 11 is 0. The van der Waals surface area contributed by atoms with Crippen LogP contribution in [0, 0.1) is 12.3 Å². The predicted molar refractivity (Wildman–Crippen MR) is 93.4 cm³/mol. The minimum Gasteiger partial charge on any atom is -0.396 e. The maximum absolute atomic E-state index is 12.5. The van der Waals surface area contributed by atoms with Gasteiger partial charge in [0.1, 0.15) is 0 Å². The second kappa shape index (κ2) is 7.82. The number of hydrogen-bond acceptors (Lipinski definition) is 2. The van der Waals surface area contributed by atoms with Gasteiger partial charge in [-0.1, -0.05) is 43.7 Å². The molecule has 0 spiro atoms. The maximum Gasteiger partial charge on any atom is 0.317 e. The van der Waals surface area contributed by atoms with Gasteiger partial charge in [-0.2, -0.15) is 0 Å². The lowest BCUT2D eigenvalue weighted by Gasteiger charge is -2.26. The molecule has 1 heterocycles. The van der Waals surface area contributed by atoms with E-state index in [0.717, 1.165) is 32.2 Å². The molecular formula is C19H30N2O2. The van der Waals surface area contributed by atoms with Crippen LogP contribution in [-0.2, 0) is 0 Å². The zero-order valence-electron chi connectivity index (χ0n) is 14.6. The third-order valence-corrected chi connectivity index (χ3v) is 4.68. The van der Waals surface area contributed by atoms with Gasteiger partial charge in [-0.15, -0.1) is 0 Å². The van der Waals surface area contributed by atoms with Crippen molar-refractivity contribution in [3.63, 3.8) is 0 Å². The van der Waals surface area contributed by atoms with E-state index in [4.69, 9.17) is 0 Å². The van der Waals surface area contributed by atoms with Crippen molar-refractivity contribution in [1.82, 2.24) is 10.2 Å². The van der Waals surface area contributed by atoms with Crippen LogP contribution in [0.3, 0.4) is 0 Å². The van der Waals surface area contributed by atoms with Crippen LogP contribution in [-0.4, -0.2) is 35.7 Å². The van der Waals surface area contributed by atoms with Gasteiger partial charge < -0.3 is 15.3 Å². The van der Waals surface area contributed by atoms with E-state index < -0.39 is 0 Å². The maximum atomic E-state index is 12.5. The number of nitrogens with one attached hydrogen (secondary N) is 1. The van der Waals surface area contributed by atoms with Gasteiger partial charge in [0.15, 0.2) is 0 Å². The molecule has 2 amide bonds. The number of rotatable bonds is 6. The first-order valence-electron chi connectivity index (χ1n) is 8.65. The number of hydrogen-bond donors (Lipinski definition) is 2. The lowest BCUT2D eigenvalue weighted by Crippen LogP contribution is -2.40. The van der Waals surface area contributed by atoms with Crippen molar-refractivity contribution in [2.45, 2.75) is 52.5 Å². The zero-order valence-corrected chi connectivity index (χ0v) is 14.6. The predicted octanol–water partition coefficient (Wildman–Crippen LogP) is 3.64. The van der Waals surface area contributed by atoms with Gasteiger partial charge in [-0.05, 0) is 43.6 Å². The average molecular weight is 318 g/mol. The smallest absolute Gasteiger partial charge is 0.317 e. The van der Waals surface area contributed by atoms with Gasteiger partial charge in [-0.25, -0.2) is 4.79 Å². The standard InChI is InChI=1S/C19H30N2O2/c1-15-7-4-8-16(13-15)17-9-5-12-21(17)18(23)20-11-6-10-19(2,3)14-22/h4,7-8,13,17,22H,5-6,9-12,14H2,1-3H3,(H,20,23). The number of carbonyl (C=O) groups is 1. The lowest BCUT2D eigenvalue weighted by molar-refractivity contribution is 0.147. The molecule has 23 heavy (non-hydrogen) atoms. The summed E-state index contributed by atoms with van der Waals surface area (Å²) in [6.45, 7) is 7.85. The lowest BCUT2D eigenvalue weighted by atomic mass is 9.89. The molecule has 0 radical (unpaired) electrons. The van der Waals surface area contributed by atoms with Gasteiger partial charge in [0, 0.05) is 19.7 Å². The first-order valence-corrected chi connectivity index (χ1v) is 8.65. The van der Waals surface area contributed by atoms with Crippen LogP contribution in [0.4, 0.5) is 4.79 Å². The summed E-state index contributed by atoms with van der Waals surface area (Å²) in [5.74, 6) is 0. The summed E-state index contributed by atoms with van der Waals surface area (Å²) < 4.78 is 0. The summed E-state index contributed by atoms with van der Waals surface area (Å²) in [5, 5.41) is 12.3. The fourth-order valence-electron chi connectivity index (χ4n) is 3.18. The monoisotopic (exact) mass is 318 g/mol. The Morgan fingerprint density at radius 1 is 1.43 bits per heavy atom. The van der Waals surface area contributed by atoms with Crippen molar-refractivity contribution in [3.8, 4) is 0 Å². The second-order valence-electron chi connectivity index (χ2n) is 7.42. The Balaban J connectivity index is 1.86. The highest BCUT2D eigenvalue weighted by atomic mass is 16.3. The summed E-state index contributed by atoms with van der Waals surface area (Å²) in [6.07, 6.45) is 3.89. The van der Waals surface area contributed by atoms with Crippen LogP contribution in [0.5, 0.6) is 0 Å². The third-order valence-electron chi connectivity index (χ3n) is 4.68. The highest BCUT2D eigenvalue weighted by Crippen LogP contribution is 2.32. The molecule has 1 saturated heterocycles. The van der Waals surface area contributed by atoms with Crippen LogP contribution < -0.4 is 5.32 Å². The molecule has 1 aromatic carbocycles. The number of carbonyl (C=O) groups excluding carboxylic acids is 1. The van der Waals surface area contributed by atoms with Gasteiger partial charge in [0.05, 0.1) is 6.04 Å². The van der Waals surface area contributed by atoms with Crippen molar-refractivity contribution < 1.29 is 9.90 Å². The van der Waals surface area contributed by atoms with Crippen LogP contribution in [0.1, 0.15) is 56.7 Å². The molecule has 1 atom stereocenters. The van der Waals surface area contributed by atoms with E-state index in [1.165, 1.54) is 11.1 Å². The van der Waals surface area contributed by atoms with Crippen molar-refractivity contribution in [3.05, 3.63) is 35.4 Å². The van der Waals surface area contributed by atoms with Crippen LogP contribution in [0.15, 0.2) is 24.3 Å². The van der Waals surface area contributed by atoms with Crippen LogP contribution >= 0.6 is 0 Å². The normalized spacial score (nSPS) is 18.3. The Bertz CT molecular complexity index is 528. The molecule has 0 aromatic heterocycles. The molecule has 128 valence electrons. The fourth-order valence-corrected chi connectivity index (χ4v) is 3.18. The molecule has 2 N–H and O–H groups in total. The fraction of sp³-hybridized carbons (Fsp3) is 0.632.